The molecule has 25 heavy (non-hydrogen) atoms. The summed E-state index contributed by atoms with van der Waals surface area (Å²) in [6, 6.07) is 4.00. The maximum Gasteiger partial charge on any atom is 0.321 e. The average molecular weight is 346 g/mol. The molecule has 1 atom stereocenters. The Kier molecular flexibility index (Phi) is 4.92. The Morgan fingerprint density at radius 2 is 2.20 bits per heavy atom. The molecule has 2 aromatic rings. The predicted octanol–water partition coefficient (Wildman–Crippen LogP) is 1.54. The minimum Gasteiger partial charge on any atom is -0.352 e. The van der Waals surface area contributed by atoms with E-state index in [1.54, 1.807) is 11.0 Å². The van der Waals surface area contributed by atoms with Gasteiger partial charge in [-0.05, 0) is 31.0 Å². The third kappa shape index (κ3) is 4.11. The number of nitrogens with zero attached hydrogens (tertiary/aromatic N) is 4. The molecule has 8 nitrogen and oxygen atoms in total. The molecule has 0 radical (unpaired) electrons. The SMILES string of the molecule is CC(=O)N[C@H]1CCCN(C(=O)Nc2ccc(-n3cncn3)c(F)c2)C1. The van der Waals surface area contributed by atoms with E-state index in [0.29, 0.717) is 18.8 Å². The fourth-order valence-electron chi connectivity index (χ4n) is 2.87. The molecule has 1 aliphatic heterocycles. The number of rotatable bonds is 3. The summed E-state index contributed by atoms with van der Waals surface area (Å²) in [7, 11) is 0. The van der Waals surface area contributed by atoms with E-state index in [1.807, 2.05) is 0 Å². The maximum absolute atomic E-state index is 14.2. The number of halogens is 1. The number of nitrogens with one attached hydrogen (secondary N) is 2. The summed E-state index contributed by atoms with van der Waals surface area (Å²) in [6.07, 6.45) is 4.35. The fourth-order valence-corrected chi connectivity index (χ4v) is 2.87. The Hall–Kier alpha value is -2.97. The minimum atomic E-state index is -0.516. The van der Waals surface area contributed by atoms with E-state index in [2.05, 4.69) is 20.7 Å². The average Bonchev–Trinajstić information content (AvgIpc) is 3.09. The van der Waals surface area contributed by atoms with Crippen molar-refractivity contribution in [2.24, 2.45) is 0 Å². The van der Waals surface area contributed by atoms with Gasteiger partial charge in [0.2, 0.25) is 5.91 Å². The van der Waals surface area contributed by atoms with Crippen molar-refractivity contribution in [1.29, 1.82) is 0 Å². The molecular formula is C16H19FN6O2. The molecule has 1 aliphatic rings. The number of hydrogen-bond acceptors (Lipinski definition) is 4. The number of anilines is 1. The Balaban J connectivity index is 1.64. The van der Waals surface area contributed by atoms with Crippen LogP contribution in [0.2, 0.25) is 0 Å². The third-order valence-corrected chi connectivity index (χ3v) is 3.98. The lowest BCUT2D eigenvalue weighted by Crippen LogP contribution is -2.50. The molecular weight excluding hydrogens is 327 g/mol. The Labute approximate surface area is 144 Å². The standard InChI is InChI=1S/C16H19FN6O2/c1-11(24)20-13-3-2-6-22(8-13)16(25)21-12-4-5-15(14(17)7-12)23-10-18-9-19-23/h4-5,7,9-10,13H,2-3,6,8H2,1H3,(H,20,24)(H,21,25)/t13-/m0/s1. The summed E-state index contributed by atoms with van der Waals surface area (Å²) in [4.78, 5) is 28.9. The summed E-state index contributed by atoms with van der Waals surface area (Å²) in [5, 5.41) is 9.39. The lowest BCUT2D eigenvalue weighted by atomic mass is 10.1. The number of piperidine rings is 1. The van der Waals surface area contributed by atoms with Crippen LogP contribution in [0.3, 0.4) is 0 Å². The Morgan fingerprint density at radius 1 is 1.36 bits per heavy atom. The van der Waals surface area contributed by atoms with Gasteiger partial charge in [0.1, 0.15) is 18.3 Å². The monoisotopic (exact) mass is 346 g/mol. The summed E-state index contributed by atoms with van der Waals surface area (Å²) in [5.74, 6) is -0.629. The second-order valence-corrected chi connectivity index (χ2v) is 5.92. The van der Waals surface area contributed by atoms with Crippen LogP contribution in [0.4, 0.5) is 14.9 Å². The largest absolute Gasteiger partial charge is 0.352 e. The zero-order valence-electron chi connectivity index (χ0n) is 13.8. The van der Waals surface area contributed by atoms with Gasteiger partial charge < -0.3 is 15.5 Å². The van der Waals surface area contributed by atoms with Crippen molar-refractivity contribution >= 4 is 17.6 Å². The molecule has 0 saturated carbocycles. The predicted molar refractivity (Wildman–Crippen MR) is 88.7 cm³/mol. The normalized spacial score (nSPS) is 17.2. The van der Waals surface area contributed by atoms with Crippen LogP contribution in [-0.4, -0.2) is 50.7 Å². The number of amides is 3. The van der Waals surface area contributed by atoms with Crippen molar-refractivity contribution in [2.75, 3.05) is 18.4 Å². The summed E-state index contributed by atoms with van der Waals surface area (Å²) in [6.45, 7) is 2.49. The van der Waals surface area contributed by atoms with Crippen molar-refractivity contribution in [3.05, 3.63) is 36.7 Å². The smallest absolute Gasteiger partial charge is 0.321 e. The molecule has 2 N–H and O–H groups in total. The highest BCUT2D eigenvalue weighted by molar-refractivity contribution is 5.89. The van der Waals surface area contributed by atoms with Gasteiger partial charge in [0.05, 0.1) is 0 Å². The summed E-state index contributed by atoms with van der Waals surface area (Å²) in [5.41, 5.74) is 0.604. The number of carbonyl (C=O) groups excluding carboxylic acids is 2. The fraction of sp³-hybridized carbons (Fsp3) is 0.375. The lowest BCUT2D eigenvalue weighted by molar-refractivity contribution is -0.119. The molecule has 3 rings (SSSR count). The van der Waals surface area contributed by atoms with Crippen LogP contribution in [0.15, 0.2) is 30.9 Å². The molecule has 9 heteroatoms. The molecule has 1 fully saturated rings. The van der Waals surface area contributed by atoms with E-state index in [9.17, 15) is 14.0 Å². The first kappa shape index (κ1) is 16.9. The number of carbonyl (C=O) groups is 2. The molecule has 2 heterocycles. The number of benzene rings is 1. The quantitative estimate of drug-likeness (QED) is 0.882. The molecule has 0 unspecified atom stereocenters. The van der Waals surface area contributed by atoms with Gasteiger partial charge >= 0.3 is 6.03 Å². The third-order valence-electron chi connectivity index (χ3n) is 3.98. The van der Waals surface area contributed by atoms with E-state index >= 15 is 0 Å². The van der Waals surface area contributed by atoms with Crippen LogP contribution in [0.1, 0.15) is 19.8 Å². The molecule has 1 aromatic heterocycles. The number of urea groups is 1. The van der Waals surface area contributed by atoms with Gasteiger partial charge in [0.25, 0.3) is 0 Å². The Morgan fingerprint density at radius 3 is 2.88 bits per heavy atom. The van der Waals surface area contributed by atoms with Gasteiger partial charge in [-0.1, -0.05) is 0 Å². The number of aromatic nitrogens is 3. The van der Waals surface area contributed by atoms with Crippen molar-refractivity contribution < 1.29 is 14.0 Å². The van der Waals surface area contributed by atoms with Gasteiger partial charge in [0, 0.05) is 31.7 Å². The van der Waals surface area contributed by atoms with Crippen LogP contribution in [0.5, 0.6) is 0 Å². The summed E-state index contributed by atoms with van der Waals surface area (Å²) < 4.78 is 15.5. The first-order valence-electron chi connectivity index (χ1n) is 8.00. The van der Waals surface area contributed by atoms with Gasteiger partial charge in [-0.2, -0.15) is 5.10 Å². The van der Waals surface area contributed by atoms with Crippen LogP contribution < -0.4 is 10.6 Å². The first-order chi connectivity index (χ1) is 12.0. The lowest BCUT2D eigenvalue weighted by Gasteiger charge is -2.33. The number of hydrogen-bond donors (Lipinski definition) is 2. The van der Waals surface area contributed by atoms with Crippen molar-refractivity contribution in [2.45, 2.75) is 25.8 Å². The van der Waals surface area contributed by atoms with Crippen molar-refractivity contribution in [3.63, 3.8) is 0 Å². The Bertz CT molecular complexity index is 764. The van der Waals surface area contributed by atoms with E-state index in [-0.39, 0.29) is 23.7 Å². The highest BCUT2D eigenvalue weighted by Gasteiger charge is 2.24. The van der Waals surface area contributed by atoms with Crippen LogP contribution in [0.25, 0.3) is 5.69 Å². The first-order valence-corrected chi connectivity index (χ1v) is 8.00. The highest BCUT2D eigenvalue weighted by Crippen LogP contribution is 2.18. The number of likely N-dealkylation sites (tertiary alicyclic amines) is 1. The zero-order valence-corrected chi connectivity index (χ0v) is 13.8. The van der Waals surface area contributed by atoms with Crippen LogP contribution in [-0.2, 0) is 4.79 Å². The molecule has 3 amide bonds. The van der Waals surface area contributed by atoms with Crippen LogP contribution in [0, 0.1) is 5.82 Å². The van der Waals surface area contributed by atoms with Gasteiger partial charge in [-0.25, -0.2) is 18.9 Å². The summed E-state index contributed by atoms with van der Waals surface area (Å²) >= 11 is 0. The molecule has 1 aromatic carbocycles. The van der Waals surface area contributed by atoms with Gasteiger partial charge in [-0.3, -0.25) is 4.79 Å². The highest BCUT2D eigenvalue weighted by atomic mass is 19.1. The molecule has 0 aliphatic carbocycles. The topological polar surface area (TPSA) is 92.2 Å². The maximum atomic E-state index is 14.2. The minimum absolute atomic E-state index is 0.0524. The second-order valence-electron chi connectivity index (χ2n) is 5.92. The van der Waals surface area contributed by atoms with Crippen molar-refractivity contribution in [3.8, 4) is 5.69 Å². The van der Waals surface area contributed by atoms with E-state index in [0.717, 1.165) is 12.8 Å². The van der Waals surface area contributed by atoms with E-state index < -0.39 is 5.82 Å². The molecule has 1 saturated heterocycles. The van der Waals surface area contributed by atoms with Crippen LogP contribution >= 0.6 is 0 Å². The molecule has 0 bridgehead atoms. The van der Waals surface area contributed by atoms with Gasteiger partial charge in [-0.15, -0.1) is 0 Å². The molecule has 132 valence electrons. The second kappa shape index (κ2) is 7.29. The van der Waals surface area contributed by atoms with E-state index in [1.165, 1.54) is 36.4 Å². The van der Waals surface area contributed by atoms with Crippen molar-refractivity contribution in [1.82, 2.24) is 25.0 Å². The zero-order chi connectivity index (χ0) is 17.8. The van der Waals surface area contributed by atoms with E-state index in [4.69, 9.17) is 0 Å². The molecule has 0 spiro atoms. The van der Waals surface area contributed by atoms with Gasteiger partial charge in [0.15, 0.2) is 5.82 Å².